The molecule has 2 aliphatic heterocycles. The van der Waals surface area contributed by atoms with Gasteiger partial charge in [0, 0.05) is 11.3 Å². The second-order valence-corrected chi connectivity index (χ2v) is 10.8. The molecule has 2 N–H and O–H groups in total. The van der Waals surface area contributed by atoms with Gasteiger partial charge in [-0.15, -0.1) is 0 Å². The second-order valence-electron chi connectivity index (χ2n) is 10.4. The van der Waals surface area contributed by atoms with Crippen LogP contribution in [0.1, 0.15) is 29.8 Å². The van der Waals surface area contributed by atoms with Crippen molar-refractivity contribution in [3.05, 3.63) is 113 Å². The van der Waals surface area contributed by atoms with Crippen LogP contribution < -0.4 is 19.7 Å². The topological polar surface area (TPSA) is 96.5 Å². The van der Waals surface area contributed by atoms with E-state index < -0.39 is 0 Å². The maximum absolute atomic E-state index is 10.6. The van der Waals surface area contributed by atoms with Crippen molar-refractivity contribution in [1.29, 1.82) is 0 Å². The highest BCUT2D eigenvalue weighted by Gasteiger charge is 2.41. The number of para-hydroxylation sites is 3. The first kappa shape index (κ1) is 27.5. The quantitative estimate of drug-likeness (QED) is 0.206. The Morgan fingerprint density at radius 2 is 1.73 bits per heavy atom. The van der Waals surface area contributed by atoms with Gasteiger partial charge >= 0.3 is 0 Å². The molecule has 0 aliphatic carbocycles. The van der Waals surface area contributed by atoms with Crippen LogP contribution in [0.15, 0.2) is 101 Å². The Bertz CT molecular complexity index is 1950. The zero-order valence-electron chi connectivity index (χ0n) is 24.3. The van der Waals surface area contributed by atoms with E-state index in [1.807, 2.05) is 97.4 Å². The fraction of sp³-hybridized carbons (Fsp3) is 0.147. The summed E-state index contributed by atoms with van der Waals surface area (Å²) in [5, 5.41) is 19.5. The molecule has 2 aliphatic rings. The normalized spacial score (nSPS) is 15.0. The van der Waals surface area contributed by atoms with Crippen LogP contribution in [0.25, 0.3) is 5.69 Å². The van der Waals surface area contributed by atoms with Crippen LogP contribution in [-0.4, -0.2) is 40.3 Å². The van der Waals surface area contributed by atoms with E-state index in [1.54, 1.807) is 19.2 Å². The average Bonchev–Trinajstić information content (AvgIpc) is 3.37. The van der Waals surface area contributed by atoms with E-state index >= 15 is 0 Å². The molecule has 0 amide bonds. The number of aromatic hydroxyl groups is 1. The van der Waals surface area contributed by atoms with Gasteiger partial charge in [0.15, 0.2) is 29.0 Å². The van der Waals surface area contributed by atoms with Gasteiger partial charge in [0.2, 0.25) is 0 Å². The van der Waals surface area contributed by atoms with Crippen molar-refractivity contribution >= 4 is 46.2 Å². The fourth-order valence-electron chi connectivity index (χ4n) is 5.72. The molecular weight excluding hydrogens is 576 g/mol. The van der Waals surface area contributed by atoms with Crippen molar-refractivity contribution in [1.82, 2.24) is 9.78 Å². The summed E-state index contributed by atoms with van der Waals surface area (Å²) in [6.07, 6.45) is 0. The van der Waals surface area contributed by atoms with E-state index in [2.05, 4.69) is 10.2 Å². The number of phenolic OH excluding ortho intramolecular Hbond substituents is 1. The Balaban J connectivity index is 1.48. The van der Waals surface area contributed by atoms with Crippen molar-refractivity contribution in [3.63, 3.8) is 0 Å². The number of aryl methyl sites for hydroxylation is 1. The third kappa shape index (κ3) is 4.62. The van der Waals surface area contributed by atoms with E-state index in [-0.39, 0.29) is 11.8 Å². The number of hydrogen-bond donors (Lipinski definition) is 2. The molecule has 0 saturated heterocycles. The first-order chi connectivity index (χ1) is 21.5. The first-order valence-electron chi connectivity index (χ1n) is 14.2. The highest BCUT2D eigenvalue weighted by molar-refractivity contribution is 6.51. The molecule has 5 aromatic rings. The zero-order chi connectivity index (χ0) is 30.4. The molecule has 10 heteroatoms. The van der Waals surface area contributed by atoms with E-state index in [0.717, 1.165) is 39.6 Å². The number of anilines is 2. The Labute approximate surface area is 259 Å². The van der Waals surface area contributed by atoms with E-state index in [9.17, 15) is 5.11 Å². The van der Waals surface area contributed by atoms with Crippen molar-refractivity contribution in [2.24, 2.45) is 9.98 Å². The summed E-state index contributed by atoms with van der Waals surface area (Å²) in [5.41, 5.74) is 5.96. The standard InChI is InChI=1S/C34H29ClN6O3/c1-4-44-29-18-21(14-16-27(29)42)31-30-20(2)39-41(23-10-6-5-7-11-23)33(30)38-34-32(36-22-15-17-28(43-3)24(35)19-22)37-25-12-8-9-13-26(25)40(31)34/h5-19,31,42H,4H2,1-3H3,(H,36,37). The number of methoxy groups -OCH3 is 1. The minimum Gasteiger partial charge on any atom is -0.504 e. The maximum atomic E-state index is 10.6. The monoisotopic (exact) mass is 604 g/mol. The first-order valence-corrected chi connectivity index (χ1v) is 14.6. The molecule has 1 unspecified atom stereocenters. The molecule has 4 aromatic carbocycles. The molecule has 1 atom stereocenters. The number of amidine groups is 2. The number of benzene rings is 4. The van der Waals surface area contributed by atoms with Crippen molar-refractivity contribution < 1.29 is 14.6 Å². The van der Waals surface area contributed by atoms with Crippen molar-refractivity contribution in [3.8, 4) is 22.9 Å². The molecule has 3 heterocycles. The van der Waals surface area contributed by atoms with Gasteiger partial charge in [0.25, 0.3) is 0 Å². The summed E-state index contributed by atoms with van der Waals surface area (Å²) in [4.78, 5) is 12.5. The Hall–Kier alpha value is -5.28. The Morgan fingerprint density at radius 1 is 0.932 bits per heavy atom. The van der Waals surface area contributed by atoms with E-state index in [4.69, 9.17) is 36.2 Å². The number of halogens is 1. The number of rotatable bonds is 6. The van der Waals surface area contributed by atoms with Gasteiger partial charge in [0.1, 0.15) is 5.75 Å². The maximum Gasteiger partial charge on any atom is 0.179 e. The molecule has 0 spiro atoms. The molecule has 9 nitrogen and oxygen atoms in total. The number of nitrogens with one attached hydrogen (secondary N) is 1. The van der Waals surface area contributed by atoms with Gasteiger partial charge in [-0.2, -0.15) is 5.10 Å². The molecule has 0 fully saturated rings. The number of hydrogen-bond acceptors (Lipinski definition) is 8. The summed E-state index contributed by atoms with van der Waals surface area (Å²) >= 11 is 6.49. The number of aliphatic imine (C=N–C) groups is 2. The summed E-state index contributed by atoms with van der Waals surface area (Å²) in [7, 11) is 1.58. The van der Waals surface area contributed by atoms with Gasteiger partial charge in [-0.05, 0) is 74.0 Å². The molecule has 0 bridgehead atoms. The van der Waals surface area contributed by atoms with Crippen LogP contribution in [0.3, 0.4) is 0 Å². The average molecular weight is 605 g/mol. The van der Waals surface area contributed by atoms with Crippen LogP contribution in [-0.2, 0) is 0 Å². The molecule has 0 saturated carbocycles. The van der Waals surface area contributed by atoms with Gasteiger partial charge in [0.05, 0.1) is 47.5 Å². The van der Waals surface area contributed by atoms with Crippen LogP contribution in [0, 0.1) is 6.92 Å². The highest BCUT2D eigenvalue weighted by Crippen LogP contribution is 2.49. The van der Waals surface area contributed by atoms with Crippen LogP contribution in [0.4, 0.5) is 22.9 Å². The number of nitrogens with zero attached hydrogens (tertiary/aromatic N) is 5. The summed E-state index contributed by atoms with van der Waals surface area (Å²) < 4.78 is 13.0. The summed E-state index contributed by atoms with van der Waals surface area (Å²) in [6, 6.07) is 28.5. The third-order valence-electron chi connectivity index (χ3n) is 7.65. The number of phenols is 1. The molecular formula is C34H29ClN6O3. The smallest absolute Gasteiger partial charge is 0.179 e. The second kappa shape index (κ2) is 11.1. The predicted molar refractivity (Wildman–Crippen MR) is 174 cm³/mol. The summed E-state index contributed by atoms with van der Waals surface area (Å²) in [5.74, 6) is 2.91. The Morgan fingerprint density at radius 3 is 2.50 bits per heavy atom. The SMILES string of the molecule is CCOc1cc(C2c3c(C)nn(-c4ccccc4)c3N=C3C(Nc4ccc(OC)c(Cl)c4)=Nc4ccccc4N32)ccc1O. The molecule has 44 heavy (non-hydrogen) atoms. The third-order valence-corrected chi connectivity index (χ3v) is 7.95. The number of aromatic nitrogens is 2. The summed E-state index contributed by atoms with van der Waals surface area (Å²) in [6.45, 7) is 4.31. The van der Waals surface area contributed by atoms with Gasteiger partial charge in [-0.25, -0.2) is 14.7 Å². The lowest BCUT2D eigenvalue weighted by molar-refractivity contribution is 0.317. The zero-order valence-corrected chi connectivity index (χ0v) is 25.1. The molecule has 1 aromatic heterocycles. The molecule has 220 valence electrons. The molecule has 7 rings (SSSR count). The Kier molecular flexibility index (Phi) is 6.94. The predicted octanol–water partition coefficient (Wildman–Crippen LogP) is 7.74. The number of fused-ring (bicyclic) bond motifs is 4. The van der Waals surface area contributed by atoms with E-state index in [0.29, 0.717) is 40.6 Å². The highest BCUT2D eigenvalue weighted by atomic mass is 35.5. The van der Waals surface area contributed by atoms with Crippen LogP contribution >= 0.6 is 11.6 Å². The van der Waals surface area contributed by atoms with Crippen molar-refractivity contribution in [2.75, 3.05) is 23.9 Å². The lowest BCUT2D eigenvalue weighted by Crippen LogP contribution is -2.46. The minimum atomic E-state index is -0.373. The molecule has 0 radical (unpaired) electrons. The largest absolute Gasteiger partial charge is 0.504 e. The van der Waals surface area contributed by atoms with Crippen molar-refractivity contribution in [2.45, 2.75) is 19.9 Å². The lowest BCUT2D eigenvalue weighted by atomic mass is 9.93. The van der Waals surface area contributed by atoms with Gasteiger partial charge in [-0.1, -0.05) is 48.0 Å². The van der Waals surface area contributed by atoms with Gasteiger partial charge < -0.3 is 24.8 Å². The minimum absolute atomic E-state index is 0.0802. The fourth-order valence-corrected chi connectivity index (χ4v) is 5.97. The lowest BCUT2D eigenvalue weighted by Gasteiger charge is -2.40. The van der Waals surface area contributed by atoms with Gasteiger partial charge in [-0.3, -0.25) is 0 Å². The number of ether oxygens (including phenoxy) is 2. The van der Waals surface area contributed by atoms with E-state index in [1.165, 1.54) is 0 Å². The van der Waals surface area contributed by atoms with Crippen LogP contribution in [0.2, 0.25) is 5.02 Å². The van der Waals surface area contributed by atoms with Crippen LogP contribution in [0.5, 0.6) is 17.2 Å².